The molecule has 0 amide bonds. The summed E-state index contributed by atoms with van der Waals surface area (Å²) in [4.78, 5) is 18.4. The largest absolute Gasteiger partial charge is 0.489 e. The number of fused-ring (bicyclic) bond motifs is 1. The van der Waals surface area contributed by atoms with Crippen molar-refractivity contribution in [3.05, 3.63) is 95.1 Å². The lowest BCUT2D eigenvalue weighted by atomic mass is 10.1. The van der Waals surface area contributed by atoms with Crippen LogP contribution >= 0.6 is 0 Å². The van der Waals surface area contributed by atoms with E-state index in [1.165, 1.54) is 18.2 Å². The monoisotopic (exact) mass is 413 g/mol. The molecule has 7 heteroatoms. The van der Waals surface area contributed by atoms with E-state index in [0.717, 1.165) is 11.1 Å². The van der Waals surface area contributed by atoms with E-state index in [0.29, 0.717) is 28.2 Å². The summed E-state index contributed by atoms with van der Waals surface area (Å²) in [6.07, 6.45) is 1.67. The molecular formula is C24H16FN3O3. The summed E-state index contributed by atoms with van der Waals surface area (Å²) in [5.41, 5.74) is 3.13. The maximum Gasteiger partial charge on any atom is 0.335 e. The molecule has 4 aromatic rings. The highest BCUT2D eigenvalue weighted by molar-refractivity contribution is 5.90. The molecule has 0 saturated heterocycles. The van der Waals surface area contributed by atoms with E-state index in [1.54, 1.807) is 54.6 Å². The number of benzene rings is 3. The number of nitrogens with one attached hydrogen (secondary N) is 1. The second kappa shape index (κ2) is 8.51. The number of imidazole rings is 1. The van der Waals surface area contributed by atoms with Crippen molar-refractivity contribution < 1.29 is 19.0 Å². The van der Waals surface area contributed by atoms with E-state index in [9.17, 15) is 14.4 Å². The number of aromatic nitrogens is 2. The number of hydrogen-bond donors (Lipinski definition) is 2. The number of nitrogens with zero attached hydrogens (tertiary/aromatic N) is 2. The second-order valence-electron chi connectivity index (χ2n) is 6.78. The summed E-state index contributed by atoms with van der Waals surface area (Å²) in [6, 6.07) is 20.0. The number of carboxylic acids is 1. The van der Waals surface area contributed by atoms with Crippen molar-refractivity contribution in [2.24, 2.45) is 0 Å². The van der Waals surface area contributed by atoms with Crippen LogP contribution in [-0.4, -0.2) is 21.0 Å². The van der Waals surface area contributed by atoms with Gasteiger partial charge in [0.25, 0.3) is 0 Å². The average Bonchev–Trinajstić information content (AvgIpc) is 3.20. The average molecular weight is 413 g/mol. The molecule has 0 spiro atoms. The number of aromatic amines is 1. The third-order valence-electron chi connectivity index (χ3n) is 4.59. The van der Waals surface area contributed by atoms with Crippen LogP contribution in [0.15, 0.2) is 66.7 Å². The fourth-order valence-corrected chi connectivity index (χ4v) is 3.05. The maximum absolute atomic E-state index is 13.4. The van der Waals surface area contributed by atoms with Crippen molar-refractivity contribution in [2.75, 3.05) is 0 Å². The fourth-order valence-electron chi connectivity index (χ4n) is 3.05. The number of carboxylic acid groups (broad SMARTS) is 1. The Morgan fingerprint density at radius 2 is 1.97 bits per heavy atom. The molecule has 6 nitrogen and oxygen atoms in total. The summed E-state index contributed by atoms with van der Waals surface area (Å²) >= 11 is 0. The molecule has 1 aromatic heterocycles. The molecule has 1 heterocycles. The van der Waals surface area contributed by atoms with E-state index in [2.05, 4.69) is 16.0 Å². The van der Waals surface area contributed by atoms with Gasteiger partial charge in [0.15, 0.2) is 0 Å². The van der Waals surface area contributed by atoms with Crippen LogP contribution < -0.4 is 4.74 Å². The molecule has 4 rings (SSSR count). The van der Waals surface area contributed by atoms with Crippen LogP contribution in [-0.2, 0) is 6.61 Å². The first-order valence-electron chi connectivity index (χ1n) is 9.34. The quantitative estimate of drug-likeness (QED) is 0.431. The zero-order valence-corrected chi connectivity index (χ0v) is 16.2. The highest BCUT2D eigenvalue weighted by Gasteiger charge is 2.09. The smallest absolute Gasteiger partial charge is 0.335 e. The Bertz CT molecular complexity index is 1330. The molecule has 0 bridgehead atoms. The number of aromatic carboxylic acids is 1. The molecule has 31 heavy (non-hydrogen) atoms. The number of ether oxygens (including phenoxy) is 1. The molecule has 2 N–H and O–H groups in total. The Hall–Kier alpha value is -4.44. The third kappa shape index (κ3) is 4.60. The maximum atomic E-state index is 13.4. The van der Waals surface area contributed by atoms with Crippen molar-refractivity contribution in [2.45, 2.75) is 6.61 Å². The molecule has 0 unspecified atom stereocenters. The van der Waals surface area contributed by atoms with Crippen LogP contribution in [0.3, 0.4) is 0 Å². The third-order valence-corrected chi connectivity index (χ3v) is 4.59. The SMILES string of the molecule is N#C/C(=C/c1ccc(OCc2cccc(C(=O)O)c2)cc1)c1nc2ccc(F)cc2[nH]1. The number of hydrogen-bond acceptors (Lipinski definition) is 4. The zero-order chi connectivity index (χ0) is 21.8. The molecule has 152 valence electrons. The number of H-pyrrole nitrogens is 1. The van der Waals surface area contributed by atoms with E-state index >= 15 is 0 Å². The first-order chi connectivity index (χ1) is 15.0. The molecule has 0 aliphatic rings. The van der Waals surface area contributed by atoms with Crippen LogP contribution in [0.4, 0.5) is 4.39 Å². The summed E-state index contributed by atoms with van der Waals surface area (Å²) in [7, 11) is 0. The van der Waals surface area contributed by atoms with Gasteiger partial charge in [-0.3, -0.25) is 0 Å². The van der Waals surface area contributed by atoms with Gasteiger partial charge < -0.3 is 14.8 Å². The van der Waals surface area contributed by atoms with Crippen molar-refractivity contribution in [3.8, 4) is 11.8 Å². The van der Waals surface area contributed by atoms with Gasteiger partial charge in [-0.25, -0.2) is 14.2 Å². The van der Waals surface area contributed by atoms with Crippen molar-refractivity contribution in [1.29, 1.82) is 5.26 Å². The molecule has 0 aliphatic heterocycles. The standard InChI is InChI=1S/C24H16FN3O3/c25-19-6-9-21-22(12-19)28-23(27-21)18(13-26)10-15-4-7-20(8-5-15)31-14-16-2-1-3-17(11-16)24(29)30/h1-12H,14H2,(H,27,28)(H,29,30)/b18-10-. The zero-order valence-electron chi connectivity index (χ0n) is 16.2. The molecule has 0 fully saturated rings. The first kappa shape index (κ1) is 19.9. The van der Waals surface area contributed by atoms with E-state index in [4.69, 9.17) is 9.84 Å². The molecule has 3 aromatic carbocycles. The van der Waals surface area contributed by atoms with Gasteiger partial charge in [0.1, 0.15) is 30.1 Å². The van der Waals surface area contributed by atoms with Crippen LogP contribution in [0.25, 0.3) is 22.7 Å². The first-order valence-corrected chi connectivity index (χ1v) is 9.34. The Morgan fingerprint density at radius 1 is 1.16 bits per heavy atom. The summed E-state index contributed by atoms with van der Waals surface area (Å²) in [6.45, 7) is 0.231. The number of nitriles is 1. The molecule has 0 saturated carbocycles. The van der Waals surface area contributed by atoms with Crippen molar-refractivity contribution in [3.63, 3.8) is 0 Å². The van der Waals surface area contributed by atoms with Crippen LogP contribution in [0.5, 0.6) is 5.75 Å². The van der Waals surface area contributed by atoms with E-state index in [-0.39, 0.29) is 18.0 Å². The lowest BCUT2D eigenvalue weighted by Gasteiger charge is -2.07. The molecule has 0 aliphatic carbocycles. The predicted molar refractivity (Wildman–Crippen MR) is 114 cm³/mol. The number of allylic oxidation sites excluding steroid dienone is 1. The van der Waals surface area contributed by atoms with E-state index in [1.807, 2.05) is 0 Å². The summed E-state index contributed by atoms with van der Waals surface area (Å²) < 4.78 is 19.1. The topological polar surface area (TPSA) is 99.0 Å². The van der Waals surface area contributed by atoms with Gasteiger partial charge in [-0.2, -0.15) is 5.26 Å². The van der Waals surface area contributed by atoms with Crippen molar-refractivity contribution in [1.82, 2.24) is 9.97 Å². The molecule has 0 atom stereocenters. The van der Waals surface area contributed by atoms with Gasteiger partial charge in [-0.15, -0.1) is 0 Å². The molecular weight excluding hydrogens is 397 g/mol. The second-order valence-corrected chi connectivity index (χ2v) is 6.78. The van der Waals surface area contributed by atoms with Gasteiger partial charge in [-0.1, -0.05) is 24.3 Å². The van der Waals surface area contributed by atoms with Crippen LogP contribution in [0, 0.1) is 17.1 Å². The summed E-state index contributed by atoms with van der Waals surface area (Å²) in [5.74, 6) is -0.395. The highest BCUT2D eigenvalue weighted by Crippen LogP contribution is 2.21. The highest BCUT2D eigenvalue weighted by atomic mass is 19.1. The predicted octanol–water partition coefficient (Wildman–Crippen LogP) is 5.04. The van der Waals surface area contributed by atoms with Crippen LogP contribution in [0.1, 0.15) is 27.3 Å². The van der Waals surface area contributed by atoms with Gasteiger partial charge in [0.05, 0.1) is 22.2 Å². The minimum atomic E-state index is -0.985. The lowest BCUT2D eigenvalue weighted by molar-refractivity contribution is 0.0696. The lowest BCUT2D eigenvalue weighted by Crippen LogP contribution is -2.00. The number of rotatable bonds is 6. The minimum Gasteiger partial charge on any atom is -0.489 e. The van der Waals surface area contributed by atoms with Gasteiger partial charge >= 0.3 is 5.97 Å². The minimum absolute atomic E-state index is 0.207. The van der Waals surface area contributed by atoms with Crippen molar-refractivity contribution >= 4 is 28.7 Å². The number of carbonyl (C=O) groups is 1. The molecule has 0 radical (unpaired) electrons. The Kier molecular flexibility index (Phi) is 5.45. The summed E-state index contributed by atoms with van der Waals surface area (Å²) in [5, 5.41) is 18.6. The normalized spacial score (nSPS) is 11.3. The Labute approximate surface area is 176 Å². The number of halogens is 1. The Balaban J connectivity index is 1.48. The van der Waals surface area contributed by atoms with Gasteiger partial charge in [0.2, 0.25) is 0 Å². The fraction of sp³-hybridized carbons (Fsp3) is 0.0417. The van der Waals surface area contributed by atoms with Gasteiger partial charge in [0, 0.05) is 0 Å². The van der Waals surface area contributed by atoms with Crippen LogP contribution in [0.2, 0.25) is 0 Å². The Morgan fingerprint density at radius 3 is 2.71 bits per heavy atom. The van der Waals surface area contributed by atoms with E-state index < -0.39 is 5.97 Å². The van der Waals surface area contributed by atoms with Gasteiger partial charge in [-0.05, 0) is 59.7 Å².